The Labute approximate surface area is 144 Å². The van der Waals surface area contributed by atoms with Crippen LogP contribution in [0.15, 0.2) is 53.4 Å². The number of ether oxygens (including phenoxy) is 1. The van der Waals surface area contributed by atoms with E-state index in [0.29, 0.717) is 10.0 Å². The first kappa shape index (κ1) is 17.7. The molecule has 0 amide bonds. The van der Waals surface area contributed by atoms with E-state index in [2.05, 4.69) is 0 Å². The lowest BCUT2D eigenvalue weighted by molar-refractivity contribution is -0.134. The molecule has 0 unspecified atom stereocenters. The van der Waals surface area contributed by atoms with Crippen LogP contribution in [0.5, 0.6) is 5.75 Å². The fraction of sp³-hybridized carbons (Fsp3) is 0.133. The fourth-order valence-corrected chi connectivity index (χ4v) is 3.09. The van der Waals surface area contributed by atoms with Gasteiger partial charge in [0, 0.05) is 17.1 Å². The van der Waals surface area contributed by atoms with E-state index >= 15 is 0 Å². The molecule has 23 heavy (non-hydrogen) atoms. The van der Waals surface area contributed by atoms with Crippen LogP contribution in [0.2, 0.25) is 10.0 Å². The molecule has 2 rings (SSSR count). The molecule has 0 atom stereocenters. The van der Waals surface area contributed by atoms with Gasteiger partial charge in [0.2, 0.25) is 10.0 Å². The summed E-state index contributed by atoms with van der Waals surface area (Å²) in [5.41, 5.74) is 0. The Morgan fingerprint density at radius 2 is 1.48 bits per heavy atom. The van der Waals surface area contributed by atoms with Crippen LogP contribution in [0, 0.1) is 0 Å². The number of sulfonamides is 1. The van der Waals surface area contributed by atoms with Crippen molar-refractivity contribution in [2.75, 3.05) is 13.6 Å². The maximum atomic E-state index is 12.3. The van der Waals surface area contributed by atoms with E-state index in [4.69, 9.17) is 27.9 Å². The van der Waals surface area contributed by atoms with Gasteiger partial charge >= 0.3 is 5.97 Å². The quantitative estimate of drug-likeness (QED) is 0.596. The molecule has 122 valence electrons. The smallest absolute Gasteiger partial charge is 0.326 e. The fourth-order valence-electron chi connectivity index (χ4n) is 1.72. The van der Waals surface area contributed by atoms with Crippen molar-refractivity contribution < 1.29 is 17.9 Å². The number of benzene rings is 2. The van der Waals surface area contributed by atoms with E-state index in [1.165, 1.54) is 43.4 Å². The highest BCUT2D eigenvalue weighted by Crippen LogP contribution is 2.18. The summed E-state index contributed by atoms with van der Waals surface area (Å²) in [5, 5.41) is 0.931. The third-order valence-electron chi connectivity index (χ3n) is 2.92. The number of rotatable bonds is 5. The number of halogens is 2. The van der Waals surface area contributed by atoms with Gasteiger partial charge in [-0.05, 0) is 48.5 Å². The normalized spacial score (nSPS) is 11.5. The zero-order chi connectivity index (χ0) is 17.0. The number of nitrogens with zero attached hydrogens (tertiary/aromatic N) is 1. The van der Waals surface area contributed by atoms with Crippen molar-refractivity contribution in [3.63, 3.8) is 0 Å². The summed E-state index contributed by atoms with van der Waals surface area (Å²) in [7, 11) is -2.50. The summed E-state index contributed by atoms with van der Waals surface area (Å²) < 4.78 is 30.6. The van der Waals surface area contributed by atoms with Gasteiger partial charge in [0.05, 0.1) is 4.90 Å². The van der Waals surface area contributed by atoms with Crippen LogP contribution in [-0.2, 0) is 14.8 Å². The van der Waals surface area contributed by atoms with Gasteiger partial charge in [-0.25, -0.2) is 8.42 Å². The van der Waals surface area contributed by atoms with Gasteiger partial charge in [0.25, 0.3) is 0 Å². The molecule has 0 spiro atoms. The molecule has 0 aliphatic carbocycles. The molecule has 0 saturated carbocycles. The zero-order valence-electron chi connectivity index (χ0n) is 12.1. The summed E-state index contributed by atoms with van der Waals surface area (Å²) >= 11 is 11.5. The minimum atomic E-state index is -3.80. The molecule has 0 saturated heterocycles. The molecule has 5 nitrogen and oxygen atoms in total. The molecule has 2 aromatic rings. The maximum absolute atomic E-state index is 12.3. The average Bonchev–Trinajstić information content (AvgIpc) is 2.50. The van der Waals surface area contributed by atoms with Gasteiger partial charge in [-0.2, -0.15) is 4.31 Å². The van der Waals surface area contributed by atoms with Crippen molar-refractivity contribution in [2.45, 2.75) is 4.90 Å². The van der Waals surface area contributed by atoms with Gasteiger partial charge in [-0.1, -0.05) is 23.2 Å². The van der Waals surface area contributed by atoms with E-state index in [-0.39, 0.29) is 10.6 Å². The Morgan fingerprint density at radius 1 is 1.00 bits per heavy atom. The van der Waals surface area contributed by atoms with Gasteiger partial charge in [0.15, 0.2) is 0 Å². The summed E-state index contributed by atoms with van der Waals surface area (Å²) in [5.74, 6) is -0.413. The van der Waals surface area contributed by atoms with Gasteiger partial charge in [-0.15, -0.1) is 0 Å². The van der Waals surface area contributed by atoms with Crippen LogP contribution in [0.1, 0.15) is 0 Å². The second-order valence-electron chi connectivity index (χ2n) is 4.64. The van der Waals surface area contributed by atoms with Crippen molar-refractivity contribution in [1.82, 2.24) is 4.31 Å². The lowest BCUT2D eigenvalue weighted by atomic mass is 10.3. The molecule has 0 heterocycles. The molecule has 0 aliphatic rings. The van der Waals surface area contributed by atoms with Crippen molar-refractivity contribution in [1.29, 1.82) is 0 Å². The minimum absolute atomic E-state index is 0.0451. The van der Waals surface area contributed by atoms with Crippen molar-refractivity contribution in [2.24, 2.45) is 0 Å². The van der Waals surface area contributed by atoms with E-state index in [1.54, 1.807) is 12.1 Å². The van der Waals surface area contributed by atoms with E-state index < -0.39 is 22.5 Å². The molecule has 0 radical (unpaired) electrons. The van der Waals surface area contributed by atoms with Crippen molar-refractivity contribution in [3.05, 3.63) is 58.6 Å². The first-order valence-corrected chi connectivity index (χ1v) is 8.67. The van der Waals surface area contributed by atoms with Gasteiger partial charge in [0.1, 0.15) is 12.3 Å². The van der Waals surface area contributed by atoms with Crippen LogP contribution < -0.4 is 4.74 Å². The van der Waals surface area contributed by atoms with Gasteiger partial charge < -0.3 is 4.74 Å². The number of hydrogen-bond donors (Lipinski definition) is 0. The van der Waals surface area contributed by atoms with Crippen molar-refractivity contribution in [3.8, 4) is 5.75 Å². The first-order chi connectivity index (χ1) is 10.8. The van der Waals surface area contributed by atoms with E-state index in [1.807, 2.05) is 0 Å². The first-order valence-electron chi connectivity index (χ1n) is 6.47. The summed E-state index contributed by atoms with van der Waals surface area (Å²) in [4.78, 5) is 11.9. The summed E-state index contributed by atoms with van der Waals surface area (Å²) in [6.07, 6.45) is 0. The van der Waals surface area contributed by atoms with Crippen molar-refractivity contribution >= 4 is 39.2 Å². The Hall–Kier alpha value is -1.60. The number of esters is 1. The number of hydrogen-bond acceptors (Lipinski definition) is 4. The van der Waals surface area contributed by atoms with Crippen LogP contribution >= 0.6 is 23.2 Å². The predicted octanol–water partition coefficient (Wildman–Crippen LogP) is 3.22. The van der Waals surface area contributed by atoms with E-state index in [0.717, 1.165) is 4.31 Å². The lowest BCUT2D eigenvalue weighted by Gasteiger charge is -2.16. The minimum Gasteiger partial charge on any atom is -0.426 e. The highest BCUT2D eigenvalue weighted by molar-refractivity contribution is 7.89. The molecule has 0 fully saturated rings. The monoisotopic (exact) mass is 373 g/mol. The summed E-state index contributed by atoms with van der Waals surface area (Å²) in [6.45, 7) is -0.423. The number of likely N-dealkylation sites (N-methyl/N-ethyl adjacent to an activating group) is 1. The van der Waals surface area contributed by atoms with Crippen LogP contribution in [-0.4, -0.2) is 32.3 Å². The highest BCUT2D eigenvalue weighted by atomic mass is 35.5. The SMILES string of the molecule is CN(CC(=O)Oc1ccc(Cl)cc1)S(=O)(=O)c1ccc(Cl)cc1. The highest BCUT2D eigenvalue weighted by Gasteiger charge is 2.23. The topological polar surface area (TPSA) is 63.7 Å². The predicted molar refractivity (Wildman–Crippen MR) is 88.4 cm³/mol. The second kappa shape index (κ2) is 7.31. The molecule has 0 aliphatic heterocycles. The Kier molecular flexibility index (Phi) is 5.64. The molecule has 8 heteroatoms. The molecule has 0 N–H and O–H groups in total. The molecule has 2 aromatic carbocycles. The van der Waals surface area contributed by atoms with Gasteiger partial charge in [-0.3, -0.25) is 4.79 Å². The molecule has 0 bridgehead atoms. The van der Waals surface area contributed by atoms with Crippen LogP contribution in [0.3, 0.4) is 0 Å². The van der Waals surface area contributed by atoms with Crippen LogP contribution in [0.25, 0.3) is 0 Å². The maximum Gasteiger partial charge on any atom is 0.326 e. The van der Waals surface area contributed by atoms with E-state index in [9.17, 15) is 13.2 Å². The zero-order valence-corrected chi connectivity index (χ0v) is 14.4. The molecular weight excluding hydrogens is 361 g/mol. The summed E-state index contributed by atoms with van der Waals surface area (Å²) in [6, 6.07) is 11.9. The third-order valence-corrected chi connectivity index (χ3v) is 5.24. The average molecular weight is 374 g/mol. The lowest BCUT2D eigenvalue weighted by Crippen LogP contribution is -2.34. The third kappa shape index (κ3) is 4.68. The second-order valence-corrected chi connectivity index (χ2v) is 7.56. The standard InChI is InChI=1S/C15H13Cl2NO4S/c1-18(23(20,21)14-8-4-12(17)5-9-14)10-15(19)22-13-6-2-11(16)3-7-13/h2-9H,10H2,1H3. The Balaban J connectivity index is 2.05. The number of carbonyl (C=O) groups excluding carboxylic acids is 1. The largest absolute Gasteiger partial charge is 0.426 e. The van der Waals surface area contributed by atoms with Crippen LogP contribution in [0.4, 0.5) is 0 Å². The number of carbonyl (C=O) groups is 1. The molecular formula is C15H13Cl2NO4S. The Bertz CT molecular complexity index is 789. The molecule has 0 aromatic heterocycles. The Morgan fingerprint density at radius 3 is 2.00 bits per heavy atom.